The monoisotopic (exact) mass is 465 g/mol. The van der Waals surface area contributed by atoms with E-state index in [-0.39, 0.29) is 22.6 Å². The van der Waals surface area contributed by atoms with Gasteiger partial charge in [-0.2, -0.15) is 0 Å². The fourth-order valence-corrected chi connectivity index (χ4v) is 4.28. The van der Waals surface area contributed by atoms with Gasteiger partial charge in [-0.1, -0.05) is 18.2 Å². The zero-order valence-electron chi connectivity index (χ0n) is 18.6. The summed E-state index contributed by atoms with van der Waals surface area (Å²) in [6.07, 6.45) is 0. The van der Waals surface area contributed by atoms with Gasteiger partial charge in [-0.3, -0.25) is 14.5 Å². The lowest BCUT2D eigenvalue weighted by atomic mass is 9.93. The van der Waals surface area contributed by atoms with Gasteiger partial charge in [-0.25, -0.2) is 8.78 Å². The second-order valence-electron chi connectivity index (χ2n) is 8.02. The van der Waals surface area contributed by atoms with Crippen LogP contribution in [0.1, 0.15) is 28.3 Å². The van der Waals surface area contributed by atoms with Crippen molar-refractivity contribution in [1.29, 1.82) is 0 Å². The molecule has 1 saturated heterocycles. The van der Waals surface area contributed by atoms with Gasteiger partial charge in [0.1, 0.15) is 28.9 Å². The number of ketones is 1. The first-order valence-electron chi connectivity index (χ1n) is 10.3. The minimum Gasteiger partial charge on any atom is -0.508 e. The van der Waals surface area contributed by atoms with Crippen LogP contribution in [-0.4, -0.2) is 29.0 Å². The Balaban J connectivity index is 2.02. The second-order valence-corrected chi connectivity index (χ2v) is 8.02. The number of aliphatic hydroxyl groups excluding tert-OH is 1. The molecular formula is C26H21F2NO5. The van der Waals surface area contributed by atoms with Crippen molar-refractivity contribution in [1.82, 2.24) is 0 Å². The number of rotatable bonds is 4. The van der Waals surface area contributed by atoms with Gasteiger partial charge in [0, 0.05) is 6.07 Å². The number of anilines is 1. The fraction of sp³-hybridized carbons (Fsp3) is 0.154. The number of benzene rings is 3. The molecule has 0 spiro atoms. The van der Waals surface area contributed by atoms with Gasteiger partial charge in [0.15, 0.2) is 0 Å². The number of carbonyl (C=O) groups excluding carboxylic acids is 2. The molecule has 0 bridgehead atoms. The van der Waals surface area contributed by atoms with Crippen LogP contribution in [0, 0.1) is 25.5 Å². The van der Waals surface area contributed by atoms with Gasteiger partial charge in [-0.05, 0) is 60.9 Å². The van der Waals surface area contributed by atoms with E-state index in [1.807, 2.05) is 6.07 Å². The van der Waals surface area contributed by atoms with Crippen molar-refractivity contribution >= 4 is 23.1 Å². The highest BCUT2D eigenvalue weighted by atomic mass is 19.1. The number of phenolic OH excluding ortho intramolecular Hbond substituents is 1. The maximum atomic E-state index is 14.7. The molecule has 1 unspecified atom stereocenters. The quantitative estimate of drug-likeness (QED) is 0.324. The van der Waals surface area contributed by atoms with Crippen molar-refractivity contribution in [2.45, 2.75) is 19.9 Å². The molecule has 2 N–H and O–H groups in total. The third kappa shape index (κ3) is 3.77. The Kier molecular flexibility index (Phi) is 5.83. The van der Waals surface area contributed by atoms with Crippen LogP contribution < -0.4 is 9.64 Å². The van der Waals surface area contributed by atoms with Crippen molar-refractivity contribution < 1.29 is 33.3 Å². The molecule has 8 heteroatoms. The summed E-state index contributed by atoms with van der Waals surface area (Å²) < 4.78 is 33.7. The van der Waals surface area contributed by atoms with Crippen LogP contribution in [0.25, 0.3) is 5.76 Å². The zero-order chi connectivity index (χ0) is 24.7. The van der Waals surface area contributed by atoms with E-state index < -0.39 is 35.1 Å². The van der Waals surface area contributed by atoms with Crippen molar-refractivity contribution in [3.63, 3.8) is 0 Å². The van der Waals surface area contributed by atoms with E-state index in [9.17, 15) is 28.6 Å². The molecule has 0 radical (unpaired) electrons. The SMILES string of the molecule is COc1c(C)cc(C)cc1/C(O)=C1\C(=O)C(=O)N(c2ccc(F)cc2F)C1c1ccc(O)cc1. The number of amides is 1. The normalized spacial score (nSPS) is 17.3. The molecule has 0 aliphatic carbocycles. The Morgan fingerprint density at radius 3 is 2.29 bits per heavy atom. The minimum absolute atomic E-state index is 0.0651. The molecular weight excluding hydrogens is 444 g/mol. The van der Waals surface area contributed by atoms with E-state index in [1.54, 1.807) is 19.9 Å². The molecule has 0 aromatic heterocycles. The lowest BCUT2D eigenvalue weighted by molar-refractivity contribution is -0.132. The van der Waals surface area contributed by atoms with Gasteiger partial charge in [0.2, 0.25) is 0 Å². The standard InChI is InChI=1S/C26H21F2NO5/c1-13-10-14(2)25(34-3)18(11-13)23(31)21-22(15-4-7-17(30)8-5-15)29(26(33)24(21)32)20-9-6-16(27)12-19(20)28/h4-12,22,30-31H,1-3H3/b23-21+. The second kappa shape index (κ2) is 8.62. The first-order chi connectivity index (χ1) is 16.1. The number of halogens is 2. The first kappa shape index (κ1) is 23.0. The van der Waals surface area contributed by atoms with Gasteiger partial charge in [-0.15, -0.1) is 0 Å². The molecule has 34 heavy (non-hydrogen) atoms. The molecule has 174 valence electrons. The molecule has 4 rings (SSSR count). The predicted octanol–water partition coefficient (Wildman–Crippen LogP) is 4.92. The summed E-state index contributed by atoms with van der Waals surface area (Å²) in [6, 6.07) is 10.4. The topological polar surface area (TPSA) is 87.1 Å². The van der Waals surface area contributed by atoms with Crippen molar-refractivity contribution in [2.24, 2.45) is 0 Å². The van der Waals surface area contributed by atoms with Crippen LogP contribution in [0.5, 0.6) is 11.5 Å². The van der Waals surface area contributed by atoms with Crippen LogP contribution in [0.3, 0.4) is 0 Å². The van der Waals surface area contributed by atoms with E-state index in [2.05, 4.69) is 0 Å². The van der Waals surface area contributed by atoms with Crippen LogP contribution in [0.2, 0.25) is 0 Å². The summed E-state index contributed by atoms with van der Waals surface area (Å²) in [5, 5.41) is 21.0. The van der Waals surface area contributed by atoms with E-state index in [1.165, 1.54) is 31.4 Å². The molecule has 6 nitrogen and oxygen atoms in total. The molecule has 1 amide bonds. The molecule has 0 saturated carbocycles. The number of aryl methyl sites for hydroxylation is 2. The Hall–Kier alpha value is -4.20. The third-order valence-electron chi connectivity index (χ3n) is 5.70. The Bertz CT molecular complexity index is 1350. The largest absolute Gasteiger partial charge is 0.508 e. The summed E-state index contributed by atoms with van der Waals surface area (Å²) in [6.45, 7) is 3.57. The van der Waals surface area contributed by atoms with E-state index in [0.717, 1.165) is 22.6 Å². The Morgan fingerprint density at radius 1 is 1.00 bits per heavy atom. The zero-order valence-corrected chi connectivity index (χ0v) is 18.6. The van der Waals surface area contributed by atoms with Crippen molar-refractivity contribution in [3.8, 4) is 11.5 Å². The van der Waals surface area contributed by atoms with Gasteiger partial charge >= 0.3 is 0 Å². The predicted molar refractivity (Wildman–Crippen MR) is 122 cm³/mol. The fourth-order valence-electron chi connectivity index (χ4n) is 4.28. The minimum atomic E-state index is -1.24. The molecule has 1 heterocycles. The smallest absolute Gasteiger partial charge is 0.300 e. The summed E-state index contributed by atoms with van der Waals surface area (Å²) in [7, 11) is 1.42. The Morgan fingerprint density at radius 2 is 1.68 bits per heavy atom. The van der Waals surface area contributed by atoms with E-state index >= 15 is 0 Å². The van der Waals surface area contributed by atoms with E-state index in [4.69, 9.17) is 4.74 Å². The number of nitrogens with zero attached hydrogens (tertiary/aromatic N) is 1. The maximum Gasteiger partial charge on any atom is 0.300 e. The highest BCUT2D eigenvalue weighted by molar-refractivity contribution is 6.51. The van der Waals surface area contributed by atoms with Crippen LogP contribution in [-0.2, 0) is 9.59 Å². The highest BCUT2D eigenvalue weighted by Crippen LogP contribution is 2.44. The number of phenols is 1. The number of methoxy groups -OCH3 is 1. The summed E-state index contributed by atoms with van der Waals surface area (Å²) in [5.74, 6) is -4.27. The number of hydrogen-bond acceptors (Lipinski definition) is 5. The van der Waals surface area contributed by atoms with Crippen molar-refractivity contribution in [2.75, 3.05) is 12.0 Å². The summed E-state index contributed by atoms with van der Waals surface area (Å²) in [5.41, 5.74) is 1.38. The highest BCUT2D eigenvalue weighted by Gasteiger charge is 2.48. The average Bonchev–Trinajstić information content (AvgIpc) is 3.04. The Labute approximate surface area is 194 Å². The van der Waals surface area contributed by atoms with Gasteiger partial charge in [0.25, 0.3) is 11.7 Å². The molecule has 3 aromatic rings. The molecule has 1 fully saturated rings. The first-order valence-corrected chi connectivity index (χ1v) is 10.3. The number of carbonyl (C=O) groups is 2. The van der Waals surface area contributed by atoms with Gasteiger partial charge in [0.05, 0.1) is 30.0 Å². The molecule has 1 atom stereocenters. The third-order valence-corrected chi connectivity index (χ3v) is 5.70. The summed E-state index contributed by atoms with van der Waals surface area (Å²) in [4.78, 5) is 27.2. The molecule has 3 aromatic carbocycles. The average molecular weight is 465 g/mol. The lowest BCUT2D eigenvalue weighted by Gasteiger charge is -2.26. The van der Waals surface area contributed by atoms with E-state index in [0.29, 0.717) is 22.9 Å². The van der Waals surface area contributed by atoms with Gasteiger partial charge < -0.3 is 14.9 Å². The number of hydrogen-bond donors (Lipinski definition) is 2. The maximum absolute atomic E-state index is 14.7. The number of ether oxygens (including phenoxy) is 1. The van der Waals surface area contributed by atoms with Crippen molar-refractivity contribution in [3.05, 3.63) is 94.1 Å². The number of Topliss-reactive ketones (excluding diaryl/α,β-unsaturated/α-hetero) is 1. The lowest BCUT2D eigenvalue weighted by Crippen LogP contribution is -2.30. The number of aromatic hydroxyl groups is 1. The van der Waals surface area contributed by atoms with Crippen LogP contribution >= 0.6 is 0 Å². The summed E-state index contributed by atoms with van der Waals surface area (Å²) >= 11 is 0. The number of aliphatic hydroxyl groups is 1. The molecule has 1 aliphatic heterocycles. The van der Waals surface area contributed by atoms with Crippen LogP contribution in [0.4, 0.5) is 14.5 Å². The van der Waals surface area contributed by atoms with Crippen LogP contribution in [0.15, 0.2) is 60.2 Å². The molecule has 1 aliphatic rings.